The summed E-state index contributed by atoms with van der Waals surface area (Å²) in [6, 6.07) is 12.0. The lowest BCUT2D eigenvalue weighted by Crippen LogP contribution is -2.25. The second kappa shape index (κ2) is 10.5. The smallest absolute Gasteiger partial charge is 0.278 e. The Labute approximate surface area is 195 Å². The van der Waals surface area contributed by atoms with Gasteiger partial charge in [0.1, 0.15) is 35.5 Å². The zero-order valence-electron chi connectivity index (χ0n) is 18.8. The van der Waals surface area contributed by atoms with Gasteiger partial charge in [0.15, 0.2) is 0 Å². The van der Waals surface area contributed by atoms with E-state index in [4.69, 9.17) is 19.0 Å². The monoisotopic (exact) mass is 470 g/mol. The van der Waals surface area contributed by atoms with Gasteiger partial charge in [0.25, 0.3) is 5.91 Å². The Morgan fingerprint density at radius 2 is 1.76 bits per heavy atom. The molecule has 7 nitrogen and oxygen atoms in total. The minimum absolute atomic E-state index is 0.0151. The van der Waals surface area contributed by atoms with Crippen LogP contribution in [0, 0.1) is 17.6 Å². The van der Waals surface area contributed by atoms with Crippen LogP contribution in [-0.2, 0) is 11.4 Å². The fraction of sp³-hybridized carbons (Fsp3) is 0.280. The van der Waals surface area contributed by atoms with Crippen molar-refractivity contribution in [2.24, 2.45) is 5.92 Å². The Balaban J connectivity index is 1.38. The number of nitrogens with zero attached hydrogens (tertiary/aromatic N) is 2. The summed E-state index contributed by atoms with van der Waals surface area (Å²) in [4.78, 5) is 20.8. The number of benzene rings is 2. The van der Waals surface area contributed by atoms with Crippen molar-refractivity contribution in [2.45, 2.75) is 19.4 Å². The normalized spacial score (nSPS) is 12.8. The van der Waals surface area contributed by atoms with E-state index in [0.29, 0.717) is 24.0 Å². The van der Waals surface area contributed by atoms with Gasteiger partial charge in [0.2, 0.25) is 5.88 Å². The molecule has 0 bridgehead atoms. The molecular weight excluding hydrogens is 446 g/mol. The average Bonchev–Trinajstić information content (AvgIpc) is 3.66. The van der Waals surface area contributed by atoms with Crippen LogP contribution in [0.2, 0.25) is 0 Å². The van der Waals surface area contributed by atoms with Crippen LogP contribution >= 0.6 is 0 Å². The van der Waals surface area contributed by atoms with E-state index in [1.807, 2.05) is 6.07 Å². The summed E-state index contributed by atoms with van der Waals surface area (Å²) in [6.45, 7) is 0.264. The predicted octanol–water partition coefficient (Wildman–Crippen LogP) is 5.15. The SMILES string of the molecule is CON(C)C(=O)c1ccc(OCc2c(F)cc(Oc3cccc(OCC4CC4)c3)cc2F)nc1. The first-order valence-electron chi connectivity index (χ1n) is 10.7. The van der Waals surface area contributed by atoms with Gasteiger partial charge < -0.3 is 14.2 Å². The minimum Gasteiger partial charge on any atom is -0.493 e. The summed E-state index contributed by atoms with van der Waals surface area (Å²) in [7, 11) is 2.83. The summed E-state index contributed by atoms with van der Waals surface area (Å²) in [5.41, 5.74) is 0.00695. The summed E-state index contributed by atoms with van der Waals surface area (Å²) in [5.74, 6) is -0.238. The molecule has 1 saturated carbocycles. The molecule has 9 heteroatoms. The van der Waals surface area contributed by atoms with Gasteiger partial charge in [0.05, 0.1) is 24.8 Å². The van der Waals surface area contributed by atoms with Gasteiger partial charge in [-0.1, -0.05) is 6.07 Å². The number of carbonyl (C=O) groups excluding carboxylic acids is 1. The third kappa shape index (κ3) is 5.99. The molecule has 0 aliphatic heterocycles. The molecule has 178 valence electrons. The van der Waals surface area contributed by atoms with Gasteiger partial charge in [0, 0.05) is 37.5 Å². The first-order chi connectivity index (χ1) is 16.4. The van der Waals surface area contributed by atoms with Gasteiger partial charge in [-0.2, -0.15) is 0 Å². The van der Waals surface area contributed by atoms with Crippen LogP contribution in [0.4, 0.5) is 8.78 Å². The molecule has 1 heterocycles. The Kier molecular flexibility index (Phi) is 7.22. The summed E-state index contributed by atoms with van der Waals surface area (Å²) >= 11 is 0. The van der Waals surface area contributed by atoms with Crippen molar-refractivity contribution in [3.05, 3.63) is 77.5 Å². The molecule has 3 aromatic rings. The van der Waals surface area contributed by atoms with Gasteiger partial charge in [-0.3, -0.25) is 9.63 Å². The molecule has 1 aliphatic rings. The van der Waals surface area contributed by atoms with E-state index < -0.39 is 17.5 Å². The zero-order chi connectivity index (χ0) is 24.1. The number of amides is 1. The molecule has 1 aromatic heterocycles. The number of ether oxygens (including phenoxy) is 3. The molecule has 1 amide bonds. The van der Waals surface area contributed by atoms with Crippen LogP contribution in [-0.4, -0.2) is 36.7 Å². The molecule has 34 heavy (non-hydrogen) atoms. The first kappa shape index (κ1) is 23.4. The van der Waals surface area contributed by atoms with Gasteiger partial charge in [-0.05, 0) is 37.0 Å². The quantitative estimate of drug-likeness (QED) is 0.382. The molecule has 4 rings (SSSR count). The van der Waals surface area contributed by atoms with E-state index >= 15 is 0 Å². The maximum Gasteiger partial charge on any atom is 0.278 e. The number of halogens is 2. The van der Waals surface area contributed by atoms with E-state index in [2.05, 4.69) is 4.98 Å². The van der Waals surface area contributed by atoms with Crippen LogP contribution < -0.4 is 14.2 Å². The van der Waals surface area contributed by atoms with Crippen LogP contribution in [0.25, 0.3) is 0 Å². The maximum absolute atomic E-state index is 14.6. The van der Waals surface area contributed by atoms with Crippen LogP contribution in [0.5, 0.6) is 23.1 Å². The van der Waals surface area contributed by atoms with Crippen molar-refractivity contribution >= 4 is 5.91 Å². The van der Waals surface area contributed by atoms with Crippen molar-refractivity contribution in [1.29, 1.82) is 0 Å². The Morgan fingerprint density at radius 3 is 2.41 bits per heavy atom. The fourth-order valence-electron chi connectivity index (χ4n) is 3.04. The Bertz CT molecular complexity index is 1130. The van der Waals surface area contributed by atoms with Crippen molar-refractivity contribution in [2.75, 3.05) is 20.8 Å². The molecule has 0 saturated heterocycles. The van der Waals surface area contributed by atoms with Gasteiger partial charge in [-0.15, -0.1) is 0 Å². The van der Waals surface area contributed by atoms with Crippen molar-refractivity contribution < 1.29 is 32.6 Å². The number of pyridine rings is 1. The highest BCUT2D eigenvalue weighted by Crippen LogP contribution is 2.31. The third-order valence-corrected chi connectivity index (χ3v) is 5.25. The van der Waals surface area contributed by atoms with E-state index in [0.717, 1.165) is 17.2 Å². The van der Waals surface area contributed by atoms with Gasteiger partial charge in [-0.25, -0.2) is 18.8 Å². The zero-order valence-corrected chi connectivity index (χ0v) is 18.8. The topological polar surface area (TPSA) is 70.1 Å². The predicted molar refractivity (Wildman–Crippen MR) is 119 cm³/mol. The second-order valence-electron chi connectivity index (χ2n) is 7.86. The summed E-state index contributed by atoms with van der Waals surface area (Å²) in [5, 5.41) is 1.05. The largest absolute Gasteiger partial charge is 0.493 e. The Hall–Kier alpha value is -3.72. The first-order valence-corrected chi connectivity index (χ1v) is 10.7. The maximum atomic E-state index is 14.6. The highest BCUT2D eigenvalue weighted by molar-refractivity contribution is 5.93. The van der Waals surface area contributed by atoms with Crippen molar-refractivity contribution in [3.63, 3.8) is 0 Å². The second-order valence-corrected chi connectivity index (χ2v) is 7.86. The molecule has 0 atom stereocenters. The number of aromatic nitrogens is 1. The molecule has 0 N–H and O–H groups in total. The van der Waals surface area contributed by atoms with Crippen molar-refractivity contribution in [1.82, 2.24) is 10.0 Å². The lowest BCUT2D eigenvalue weighted by molar-refractivity contribution is -0.0757. The van der Waals surface area contributed by atoms with E-state index in [9.17, 15) is 13.6 Å². The van der Waals surface area contributed by atoms with Crippen LogP contribution in [0.3, 0.4) is 0 Å². The minimum atomic E-state index is -0.815. The highest BCUT2D eigenvalue weighted by Gasteiger charge is 2.22. The number of hydroxylamine groups is 2. The number of hydrogen-bond acceptors (Lipinski definition) is 6. The molecule has 1 fully saturated rings. The molecule has 2 aromatic carbocycles. The number of rotatable bonds is 10. The van der Waals surface area contributed by atoms with E-state index in [-0.39, 0.29) is 29.4 Å². The lowest BCUT2D eigenvalue weighted by Gasteiger charge is -2.14. The lowest BCUT2D eigenvalue weighted by atomic mass is 10.2. The highest BCUT2D eigenvalue weighted by atomic mass is 19.1. The fourth-order valence-corrected chi connectivity index (χ4v) is 3.04. The Morgan fingerprint density at radius 1 is 1.03 bits per heavy atom. The molecular formula is C25H24F2N2O5. The molecule has 0 spiro atoms. The molecule has 0 radical (unpaired) electrons. The standard InChI is InChI=1S/C25H24F2N2O5/c1-29(31-2)25(30)17-8-9-24(28-13-17)33-15-21-22(26)11-20(12-23(21)27)34-19-5-3-4-18(10-19)32-14-16-6-7-16/h3-5,8-13,16H,6-7,14-15H2,1-2H3. The van der Waals surface area contributed by atoms with E-state index in [1.165, 1.54) is 45.3 Å². The summed E-state index contributed by atoms with van der Waals surface area (Å²) in [6.07, 6.45) is 3.65. The number of carbonyl (C=O) groups is 1. The number of hydrogen-bond donors (Lipinski definition) is 0. The van der Waals surface area contributed by atoms with Crippen molar-refractivity contribution in [3.8, 4) is 23.1 Å². The van der Waals surface area contributed by atoms with E-state index in [1.54, 1.807) is 18.2 Å². The van der Waals surface area contributed by atoms with Crippen LogP contribution in [0.1, 0.15) is 28.8 Å². The average molecular weight is 470 g/mol. The third-order valence-electron chi connectivity index (χ3n) is 5.25. The van der Waals surface area contributed by atoms with Crippen LogP contribution in [0.15, 0.2) is 54.7 Å². The molecule has 1 aliphatic carbocycles. The van der Waals surface area contributed by atoms with Gasteiger partial charge >= 0.3 is 0 Å². The molecule has 0 unspecified atom stereocenters. The summed E-state index contributed by atoms with van der Waals surface area (Å²) < 4.78 is 45.9.